The van der Waals surface area contributed by atoms with Gasteiger partial charge in [0.15, 0.2) is 11.6 Å². The van der Waals surface area contributed by atoms with E-state index >= 15 is 0 Å². The van der Waals surface area contributed by atoms with Gasteiger partial charge in [-0.1, -0.05) is 11.6 Å². The molecule has 0 fully saturated rings. The smallest absolute Gasteiger partial charge is 0.171 e. The molecule has 2 rings (SSSR count). The molecule has 0 spiro atoms. The lowest BCUT2D eigenvalue weighted by atomic mass is 10.2. The maximum Gasteiger partial charge on any atom is 0.171 e. The zero-order chi connectivity index (χ0) is 9.42. The van der Waals surface area contributed by atoms with Crippen molar-refractivity contribution in [2.45, 2.75) is 0 Å². The van der Waals surface area contributed by atoms with E-state index in [1.165, 1.54) is 12.4 Å². The Bertz CT molecular complexity index is 473. The monoisotopic (exact) mass is 200 g/mol. The molecule has 1 heterocycles. The van der Waals surface area contributed by atoms with E-state index in [1.807, 2.05) is 0 Å². The van der Waals surface area contributed by atoms with Crippen LogP contribution in [0.5, 0.6) is 0 Å². The van der Waals surface area contributed by atoms with E-state index < -0.39 is 11.6 Å². The molecule has 0 saturated heterocycles. The Hall–Kier alpha value is -1.29. The van der Waals surface area contributed by atoms with Crippen LogP contribution in [0, 0.1) is 11.6 Å². The van der Waals surface area contributed by atoms with Gasteiger partial charge in [-0.25, -0.2) is 18.7 Å². The summed E-state index contributed by atoms with van der Waals surface area (Å²) >= 11 is 5.58. The van der Waals surface area contributed by atoms with Crippen molar-refractivity contribution in [3.05, 3.63) is 35.2 Å². The molecular weight excluding hydrogens is 198 g/mol. The second kappa shape index (κ2) is 2.88. The van der Waals surface area contributed by atoms with Gasteiger partial charge < -0.3 is 0 Å². The molecule has 0 radical (unpaired) electrons. The van der Waals surface area contributed by atoms with Crippen molar-refractivity contribution in [3.63, 3.8) is 0 Å². The summed E-state index contributed by atoms with van der Waals surface area (Å²) in [6.07, 6.45) is 1.20. The van der Waals surface area contributed by atoms with E-state index in [1.54, 1.807) is 0 Å². The Morgan fingerprint density at radius 3 is 2.69 bits per heavy atom. The lowest BCUT2D eigenvalue weighted by Crippen LogP contribution is -1.90. The third-order valence-corrected chi connectivity index (χ3v) is 1.93. The highest BCUT2D eigenvalue weighted by molar-refractivity contribution is 6.34. The van der Waals surface area contributed by atoms with Gasteiger partial charge in [0, 0.05) is 0 Å². The van der Waals surface area contributed by atoms with Crippen molar-refractivity contribution in [1.29, 1.82) is 0 Å². The highest BCUT2D eigenvalue weighted by Gasteiger charge is 2.11. The topological polar surface area (TPSA) is 25.8 Å². The van der Waals surface area contributed by atoms with Crippen molar-refractivity contribution in [2.75, 3.05) is 0 Å². The van der Waals surface area contributed by atoms with Gasteiger partial charge in [-0.2, -0.15) is 0 Å². The zero-order valence-corrected chi connectivity index (χ0v) is 7.02. The summed E-state index contributed by atoms with van der Waals surface area (Å²) in [6.45, 7) is 0. The summed E-state index contributed by atoms with van der Waals surface area (Å²) in [5.41, 5.74) is 0.291. The molecule has 0 bridgehead atoms. The molecule has 0 unspecified atom stereocenters. The van der Waals surface area contributed by atoms with Gasteiger partial charge in [0.25, 0.3) is 0 Å². The molecule has 0 atom stereocenters. The molecule has 5 heteroatoms. The summed E-state index contributed by atoms with van der Waals surface area (Å²) in [7, 11) is 0. The van der Waals surface area contributed by atoms with Crippen LogP contribution in [-0.2, 0) is 0 Å². The molecule has 0 amide bonds. The van der Waals surface area contributed by atoms with Crippen LogP contribution in [-0.4, -0.2) is 9.97 Å². The highest BCUT2D eigenvalue weighted by Crippen LogP contribution is 2.23. The van der Waals surface area contributed by atoms with Crippen LogP contribution in [0.1, 0.15) is 0 Å². The lowest BCUT2D eigenvalue weighted by molar-refractivity contribution is 0.516. The summed E-state index contributed by atoms with van der Waals surface area (Å²) in [5.74, 6) is -1.97. The van der Waals surface area contributed by atoms with Crippen molar-refractivity contribution < 1.29 is 8.78 Å². The molecule has 2 nitrogen and oxygen atoms in total. The second-order valence-electron chi connectivity index (χ2n) is 2.42. The first-order valence-corrected chi connectivity index (χ1v) is 3.82. The van der Waals surface area contributed by atoms with E-state index in [2.05, 4.69) is 9.97 Å². The summed E-state index contributed by atoms with van der Waals surface area (Å²) < 4.78 is 25.9. The first kappa shape index (κ1) is 8.31. The van der Waals surface area contributed by atoms with E-state index in [9.17, 15) is 8.78 Å². The van der Waals surface area contributed by atoms with Crippen LogP contribution in [0.3, 0.4) is 0 Å². The van der Waals surface area contributed by atoms with Crippen molar-refractivity contribution in [3.8, 4) is 0 Å². The highest BCUT2D eigenvalue weighted by atomic mass is 35.5. The average molecular weight is 201 g/mol. The van der Waals surface area contributed by atoms with Gasteiger partial charge >= 0.3 is 0 Å². The van der Waals surface area contributed by atoms with Gasteiger partial charge in [-0.05, 0) is 12.1 Å². The van der Waals surface area contributed by atoms with Gasteiger partial charge in [0.05, 0.1) is 10.9 Å². The minimum Gasteiger partial charge on any atom is -0.236 e. The Morgan fingerprint density at radius 2 is 1.92 bits per heavy atom. The standard InChI is InChI=1S/C8H3ClF2N2/c9-8-6-5(12-3-13-8)2-1-4(10)7(6)11/h1-3H. The molecule has 66 valence electrons. The summed E-state index contributed by atoms with van der Waals surface area (Å²) in [4.78, 5) is 7.30. The number of benzene rings is 1. The minimum atomic E-state index is -1.01. The molecule has 0 aliphatic rings. The fraction of sp³-hybridized carbons (Fsp3) is 0. The predicted octanol–water partition coefficient (Wildman–Crippen LogP) is 2.56. The number of nitrogens with zero attached hydrogens (tertiary/aromatic N) is 2. The third kappa shape index (κ3) is 1.23. The maximum absolute atomic E-state index is 13.1. The fourth-order valence-corrected chi connectivity index (χ4v) is 1.27. The Kier molecular flexibility index (Phi) is 1.84. The van der Waals surface area contributed by atoms with Gasteiger partial charge in [0.1, 0.15) is 11.5 Å². The van der Waals surface area contributed by atoms with Crippen LogP contribution >= 0.6 is 11.6 Å². The predicted molar refractivity (Wildman–Crippen MR) is 44.5 cm³/mol. The molecule has 13 heavy (non-hydrogen) atoms. The van der Waals surface area contributed by atoms with E-state index in [0.29, 0.717) is 5.52 Å². The van der Waals surface area contributed by atoms with Gasteiger partial charge in [-0.3, -0.25) is 0 Å². The second-order valence-corrected chi connectivity index (χ2v) is 2.78. The first-order valence-electron chi connectivity index (χ1n) is 3.44. The number of hydrogen-bond donors (Lipinski definition) is 0. The molecule has 1 aromatic heterocycles. The largest absolute Gasteiger partial charge is 0.236 e. The quantitative estimate of drug-likeness (QED) is 0.611. The van der Waals surface area contributed by atoms with Crippen molar-refractivity contribution in [1.82, 2.24) is 9.97 Å². The van der Waals surface area contributed by atoms with E-state index in [-0.39, 0.29) is 10.5 Å². The van der Waals surface area contributed by atoms with Crippen LogP contribution in [0.4, 0.5) is 8.78 Å². The van der Waals surface area contributed by atoms with Crippen LogP contribution in [0.25, 0.3) is 10.9 Å². The fourth-order valence-electron chi connectivity index (χ4n) is 1.05. The van der Waals surface area contributed by atoms with Crippen molar-refractivity contribution in [2.24, 2.45) is 0 Å². The van der Waals surface area contributed by atoms with Crippen LogP contribution in [0.2, 0.25) is 5.15 Å². The number of aromatic nitrogens is 2. The normalized spacial score (nSPS) is 10.7. The lowest BCUT2D eigenvalue weighted by Gasteiger charge is -1.99. The van der Waals surface area contributed by atoms with E-state index in [4.69, 9.17) is 11.6 Å². The van der Waals surface area contributed by atoms with E-state index in [0.717, 1.165) is 6.07 Å². The Labute approximate surface area is 77.2 Å². The molecule has 0 saturated carbocycles. The first-order chi connectivity index (χ1) is 6.20. The molecule has 2 aromatic rings. The molecule has 0 aliphatic carbocycles. The molecule has 0 aliphatic heterocycles. The number of fused-ring (bicyclic) bond motifs is 1. The van der Waals surface area contributed by atoms with Gasteiger partial charge in [-0.15, -0.1) is 0 Å². The summed E-state index contributed by atoms with van der Waals surface area (Å²) in [5, 5.41) is -0.161. The molecular formula is C8H3ClF2N2. The minimum absolute atomic E-state index is 0.0795. The van der Waals surface area contributed by atoms with Crippen LogP contribution in [0.15, 0.2) is 18.5 Å². The SMILES string of the molecule is Fc1ccc2ncnc(Cl)c2c1F. The zero-order valence-electron chi connectivity index (χ0n) is 6.26. The van der Waals surface area contributed by atoms with Crippen LogP contribution < -0.4 is 0 Å². The summed E-state index contributed by atoms with van der Waals surface area (Å²) in [6, 6.07) is 2.35. The Balaban J connectivity index is 2.97. The molecule has 0 N–H and O–H groups in total. The average Bonchev–Trinajstić information content (AvgIpc) is 2.12. The van der Waals surface area contributed by atoms with Gasteiger partial charge in [0.2, 0.25) is 0 Å². The van der Waals surface area contributed by atoms with Crippen molar-refractivity contribution >= 4 is 22.5 Å². The third-order valence-electron chi connectivity index (χ3n) is 1.65. The maximum atomic E-state index is 13.1. The number of hydrogen-bond acceptors (Lipinski definition) is 2. The Morgan fingerprint density at radius 1 is 1.15 bits per heavy atom. The number of rotatable bonds is 0. The molecule has 1 aromatic carbocycles. The number of halogens is 3.